The molecule has 2 aromatic rings. The Bertz CT molecular complexity index is 921. The largest absolute Gasteiger partial charge is 0.298 e. The van der Waals surface area contributed by atoms with Crippen molar-refractivity contribution in [3.05, 3.63) is 70.8 Å². The van der Waals surface area contributed by atoms with Crippen LogP contribution >= 0.6 is 11.3 Å². The number of benzene rings is 1. The van der Waals surface area contributed by atoms with Gasteiger partial charge in [-0.2, -0.15) is 0 Å². The van der Waals surface area contributed by atoms with E-state index < -0.39 is 0 Å². The Morgan fingerprint density at radius 1 is 1.12 bits per heavy atom. The molecule has 0 aliphatic carbocycles. The monoisotopic (exact) mass is 453 g/mol. The van der Waals surface area contributed by atoms with E-state index in [1.54, 1.807) is 0 Å². The lowest BCUT2D eigenvalue weighted by Crippen LogP contribution is -2.11. The molecule has 1 N–H and O–H groups in total. The Kier molecular flexibility index (Phi) is 16.3. The van der Waals surface area contributed by atoms with Gasteiger partial charge >= 0.3 is 0 Å². The molecule has 4 nitrogen and oxygen atoms in total. The number of hydrogen-bond acceptors (Lipinski definition) is 4. The van der Waals surface area contributed by atoms with E-state index in [1.807, 2.05) is 103 Å². The number of thiazole rings is 1. The first-order valence-corrected chi connectivity index (χ1v) is 12.4. The number of hydrogen-bond donors (Lipinski definition) is 1. The summed E-state index contributed by atoms with van der Waals surface area (Å²) in [6.45, 7) is 16.1. The van der Waals surface area contributed by atoms with E-state index in [2.05, 4.69) is 28.3 Å². The molecule has 0 radical (unpaired) electrons. The van der Waals surface area contributed by atoms with E-state index in [-0.39, 0.29) is 5.91 Å². The first kappa shape index (κ1) is 29.2. The van der Waals surface area contributed by atoms with Gasteiger partial charge in [-0.15, -0.1) is 11.3 Å². The van der Waals surface area contributed by atoms with Gasteiger partial charge in [-0.1, -0.05) is 78.0 Å². The molecule has 0 spiro atoms. The standard InChI is InChI=1S/C23H27N3OS.2C2H6/c1-5-8-9-11-18(10-6-2)21-16-28-23(25-21)26-22(27)19-13-12-17(4)20(15-19)24-14-7-3;2*1-2/h5,8-16H,6-7H2,1-4H3,(H,25,26,27);2*1-2H3/b8-5-,11-9-,18-10+,24-14?;;. The van der Waals surface area contributed by atoms with Crippen LogP contribution in [-0.2, 0) is 0 Å². The van der Waals surface area contributed by atoms with Gasteiger partial charge in [-0.25, -0.2) is 4.98 Å². The zero-order chi connectivity index (χ0) is 24.4. The quantitative estimate of drug-likeness (QED) is 0.321. The number of carbonyl (C=O) groups excluding carboxylic acids is 1. The number of anilines is 1. The molecule has 174 valence electrons. The normalized spacial score (nSPS) is 11.3. The number of nitrogens with one attached hydrogen (secondary N) is 1. The van der Waals surface area contributed by atoms with Crippen molar-refractivity contribution in [3.8, 4) is 0 Å². The average molecular weight is 454 g/mol. The predicted molar refractivity (Wildman–Crippen MR) is 145 cm³/mol. The zero-order valence-corrected chi connectivity index (χ0v) is 21.7. The van der Waals surface area contributed by atoms with E-state index in [0.29, 0.717) is 10.7 Å². The summed E-state index contributed by atoms with van der Waals surface area (Å²) >= 11 is 1.42. The Hall–Kier alpha value is -2.79. The van der Waals surface area contributed by atoms with Crippen molar-refractivity contribution in [2.75, 3.05) is 5.32 Å². The second-order valence-corrected chi connectivity index (χ2v) is 7.02. The number of aromatic nitrogens is 1. The van der Waals surface area contributed by atoms with Crippen LogP contribution in [0.15, 0.2) is 59.0 Å². The number of nitrogens with zero attached hydrogens (tertiary/aromatic N) is 2. The van der Waals surface area contributed by atoms with Gasteiger partial charge in [0, 0.05) is 17.2 Å². The number of aryl methyl sites for hydroxylation is 1. The maximum Gasteiger partial charge on any atom is 0.257 e. The Balaban J connectivity index is 0.00000227. The number of carbonyl (C=O) groups is 1. The maximum atomic E-state index is 12.6. The lowest BCUT2D eigenvalue weighted by atomic mass is 10.1. The minimum Gasteiger partial charge on any atom is -0.298 e. The topological polar surface area (TPSA) is 54.4 Å². The van der Waals surface area contributed by atoms with Crippen LogP contribution in [0.4, 0.5) is 10.8 Å². The molecule has 0 atom stereocenters. The molecule has 0 saturated carbocycles. The van der Waals surface area contributed by atoms with Crippen molar-refractivity contribution < 1.29 is 4.79 Å². The molecule has 1 aromatic carbocycles. The van der Waals surface area contributed by atoms with Gasteiger partial charge in [-0.3, -0.25) is 15.1 Å². The average Bonchev–Trinajstić information content (AvgIpc) is 3.29. The summed E-state index contributed by atoms with van der Waals surface area (Å²) in [6, 6.07) is 5.54. The molecule has 1 aromatic heterocycles. The molecular formula is C27H39N3OS. The number of rotatable bonds is 8. The molecule has 0 aliphatic rings. The van der Waals surface area contributed by atoms with Gasteiger partial charge < -0.3 is 0 Å². The minimum atomic E-state index is -0.181. The summed E-state index contributed by atoms with van der Waals surface area (Å²) in [6.07, 6.45) is 13.7. The maximum absolute atomic E-state index is 12.6. The first-order valence-electron chi connectivity index (χ1n) is 11.5. The van der Waals surface area contributed by atoms with E-state index in [0.717, 1.165) is 35.4 Å². The lowest BCUT2D eigenvalue weighted by molar-refractivity contribution is 0.102. The first-order chi connectivity index (χ1) is 15.6. The zero-order valence-electron chi connectivity index (χ0n) is 20.9. The van der Waals surface area contributed by atoms with Crippen LogP contribution in [0.25, 0.3) is 5.57 Å². The fraction of sp³-hybridized carbons (Fsp3) is 0.370. The summed E-state index contributed by atoms with van der Waals surface area (Å²) in [7, 11) is 0. The van der Waals surface area contributed by atoms with Crippen molar-refractivity contribution >= 4 is 39.9 Å². The van der Waals surface area contributed by atoms with Gasteiger partial charge in [0.25, 0.3) is 5.91 Å². The third kappa shape index (κ3) is 10.0. The number of allylic oxidation sites excluding steroid dienone is 6. The smallest absolute Gasteiger partial charge is 0.257 e. The van der Waals surface area contributed by atoms with Crippen molar-refractivity contribution in [1.82, 2.24) is 4.98 Å². The molecule has 5 heteroatoms. The van der Waals surface area contributed by atoms with E-state index >= 15 is 0 Å². The van der Waals surface area contributed by atoms with Crippen LogP contribution in [-0.4, -0.2) is 17.1 Å². The van der Waals surface area contributed by atoms with Crippen LogP contribution in [0, 0.1) is 6.92 Å². The molecule has 0 unspecified atom stereocenters. The van der Waals surface area contributed by atoms with Gasteiger partial charge in [0.15, 0.2) is 5.13 Å². The molecule has 32 heavy (non-hydrogen) atoms. The van der Waals surface area contributed by atoms with Crippen LogP contribution in [0.3, 0.4) is 0 Å². The summed E-state index contributed by atoms with van der Waals surface area (Å²) in [5.74, 6) is -0.181. The highest BCUT2D eigenvalue weighted by atomic mass is 32.1. The van der Waals surface area contributed by atoms with Crippen LogP contribution in [0.2, 0.25) is 0 Å². The highest BCUT2D eigenvalue weighted by Gasteiger charge is 2.11. The molecule has 0 fully saturated rings. The third-order valence-electron chi connectivity index (χ3n) is 3.91. The summed E-state index contributed by atoms with van der Waals surface area (Å²) in [4.78, 5) is 21.6. The van der Waals surface area contributed by atoms with E-state index in [1.165, 1.54) is 11.3 Å². The fourth-order valence-electron chi connectivity index (χ4n) is 2.46. The number of amides is 1. The van der Waals surface area contributed by atoms with E-state index in [4.69, 9.17) is 0 Å². The van der Waals surface area contributed by atoms with Crippen molar-refractivity contribution in [3.63, 3.8) is 0 Å². The molecule has 0 saturated heterocycles. The molecule has 1 heterocycles. The molecular weight excluding hydrogens is 414 g/mol. The minimum absolute atomic E-state index is 0.181. The van der Waals surface area contributed by atoms with Gasteiger partial charge in [0.1, 0.15) is 0 Å². The second-order valence-electron chi connectivity index (χ2n) is 6.17. The summed E-state index contributed by atoms with van der Waals surface area (Å²) < 4.78 is 0. The lowest BCUT2D eigenvalue weighted by Gasteiger charge is -2.05. The van der Waals surface area contributed by atoms with Crippen LogP contribution in [0.1, 0.15) is 82.9 Å². The molecule has 2 rings (SSSR count). The molecule has 0 aliphatic heterocycles. The fourth-order valence-corrected chi connectivity index (χ4v) is 3.18. The SMILES string of the molecule is CC.CC.C\C=C/C=C\C(=C/CC)c1csc(NC(=O)c2ccc(C)c(N=CCC)c2)n1. The van der Waals surface area contributed by atoms with Gasteiger partial charge in [-0.05, 0) is 50.0 Å². The third-order valence-corrected chi connectivity index (χ3v) is 4.67. The van der Waals surface area contributed by atoms with E-state index in [9.17, 15) is 4.79 Å². The highest BCUT2D eigenvalue weighted by Crippen LogP contribution is 2.25. The summed E-state index contributed by atoms with van der Waals surface area (Å²) in [5.41, 5.74) is 4.34. The Morgan fingerprint density at radius 2 is 1.84 bits per heavy atom. The second kappa shape index (κ2) is 17.8. The van der Waals surface area contributed by atoms with Gasteiger partial charge in [0.05, 0.1) is 11.4 Å². The number of aliphatic imine (C=N–C) groups is 1. The molecule has 0 bridgehead atoms. The summed E-state index contributed by atoms with van der Waals surface area (Å²) in [5, 5.41) is 5.44. The Labute approximate surface area is 198 Å². The Morgan fingerprint density at radius 3 is 2.47 bits per heavy atom. The predicted octanol–water partition coefficient (Wildman–Crippen LogP) is 8.79. The van der Waals surface area contributed by atoms with Crippen LogP contribution < -0.4 is 5.32 Å². The molecule has 1 amide bonds. The van der Waals surface area contributed by atoms with Crippen molar-refractivity contribution in [1.29, 1.82) is 0 Å². The van der Waals surface area contributed by atoms with Crippen molar-refractivity contribution in [2.24, 2.45) is 4.99 Å². The van der Waals surface area contributed by atoms with Gasteiger partial charge in [0.2, 0.25) is 0 Å². The van der Waals surface area contributed by atoms with Crippen LogP contribution in [0.5, 0.6) is 0 Å². The van der Waals surface area contributed by atoms with Crippen molar-refractivity contribution in [2.45, 2.75) is 68.2 Å². The highest BCUT2D eigenvalue weighted by molar-refractivity contribution is 7.14.